The molecule has 1 aliphatic heterocycles. The van der Waals surface area contributed by atoms with Gasteiger partial charge in [-0.05, 0) is 188 Å². The van der Waals surface area contributed by atoms with Crippen LogP contribution in [0.4, 0.5) is 0 Å². The van der Waals surface area contributed by atoms with Crippen LogP contribution in [0.25, 0.3) is 10.9 Å². The number of hydrogen-bond acceptors (Lipinski definition) is 21. The predicted molar refractivity (Wildman–Crippen MR) is 532 cm³/mol. The standard InChI is InChI=1S/C100H162N20O21/c1-48(2)38-68(101)88(128)110-74(43-53(11)12)93(133)111-70(39-49(3)4)90(130)106-62(25)86(126)117-79(55(15)16)97(137)115-76(46-65-47-102-69-31-28-27-30-67(65)69)95(135)113-72(41-51(7)8)89(129)105-58(21)82(122)103-60(23)84(124)109-73(42-52(9)10)92(132)114-75(44-54(13)14)94(134)112-71(40-50(5)6)91(131)107-63(26)87(127)119-81(57(19)20)99(139)120-37-29-32-78(120)96(136)108-59(22)83(123)104-61(24)85(125)118-80(56(17)18)98(138)116-77(100(140)141)45-64-33-35-66(121)36-34-64/h27-28,30-31,33-36,47-63,68,70-81,102,121H,29,32,37-46,101H2,1-26H3,(H,103,122)(H,104,123)(H,105,129)(H,106,130)(H,107,131)(H,108,136)(H,109,124)(H,110,128)(H,111,133)(H,112,134)(H,113,135)(H,114,132)(H,115,137)(H,116,138)(H,117,126)(H,118,125)(H,119,127)(H,140,141)/t58-,59-,60-,61-,62-,63-,68-,70-,71-,72-,73-,74-,75-,76-,77-,78-,79-,80-,81-/m0/s1. The van der Waals surface area contributed by atoms with Gasteiger partial charge in [-0.15, -0.1) is 0 Å². The number of fused-ring (bicyclic) bond motifs is 1. The van der Waals surface area contributed by atoms with Gasteiger partial charge in [0.05, 0.1) is 6.04 Å². The Morgan fingerprint density at radius 1 is 0.326 bits per heavy atom. The van der Waals surface area contributed by atoms with Crippen molar-refractivity contribution in [3.05, 3.63) is 65.9 Å². The number of aliphatic carboxylic acids is 1. The van der Waals surface area contributed by atoms with Gasteiger partial charge in [0.25, 0.3) is 0 Å². The van der Waals surface area contributed by atoms with E-state index in [1.807, 2.05) is 59.7 Å². The smallest absolute Gasteiger partial charge is 0.326 e. The van der Waals surface area contributed by atoms with E-state index >= 15 is 0 Å². The van der Waals surface area contributed by atoms with Crippen molar-refractivity contribution in [1.82, 2.24) is 100 Å². The Morgan fingerprint density at radius 3 is 0.972 bits per heavy atom. The fraction of sp³-hybridized carbons (Fsp3) is 0.670. The Hall–Kier alpha value is -12.3. The Kier molecular flexibility index (Phi) is 49.4. The zero-order chi connectivity index (χ0) is 107. The number of likely N-dealkylation sites (tertiary alicyclic amines) is 1. The molecule has 0 aliphatic carbocycles. The van der Waals surface area contributed by atoms with Crippen LogP contribution in [0.15, 0.2) is 54.7 Å². The third-order valence-electron chi connectivity index (χ3n) is 23.9. The molecule has 4 rings (SSSR count). The van der Waals surface area contributed by atoms with Gasteiger partial charge >= 0.3 is 5.97 Å². The van der Waals surface area contributed by atoms with Crippen molar-refractivity contribution >= 4 is 123 Å². The van der Waals surface area contributed by atoms with Crippen LogP contribution >= 0.6 is 0 Å². The number of hydrogen-bond donors (Lipinski definition) is 21. The highest BCUT2D eigenvalue weighted by molar-refractivity contribution is 6.02. The SMILES string of the molecule is CC(C)C[C@H](NC(=O)[C@H](C)NC(=O)[C@H](C)NC(=O)[C@H](CC(C)C)NC(=O)[C@H](Cc1c[nH]c2ccccc12)NC(=O)[C@@H](NC(=O)[C@H](C)NC(=O)[C@H](CC(C)C)NC(=O)[C@H](CC(C)C)NC(=O)[C@@H](N)CC(C)C)C(C)C)C(=O)N[C@@H](CC(C)C)C(=O)N[C@@H](CC(C)C)C(=O)N[C@@H](C)C(=O)N[C@H](C(=O)N1CCC[C@H]1C(=O)N[C@@H](C)C(=O)N[C@@H](C)C(=O)N[C@H](C(=O)N[C@@H](Cc1ccc(O)cc1)C(=O)O)C(C)C)C(C)C. The molecule has 788 valence electrons. The van der Waals surface area contributed by atoms with E-state index in [4.69, 9.17) is 5.73 Å². The van der Waals surface area contributed by atoms with E-state index in [9.17, 15) is 101 Å². The first-order chi connectivity index (χ1) is 65.7. The molecule has 18 amide bonds. The second-order valence-corrected chi connectivity index (χ2v) is 41.5. The lowest BCUT2D eigenvalue weighted by Crippen LogP contribution is -2.61. The van der Waals surface area contributed by atoms with Gasteiger partial charge in [0.1, 0.15) is 115 Å². The van der Waals surface area contributed by atoms with E-state index in [0.717, 1.165) is 10.9 Å². The summed E-state index contributed by atoms with van der Waals surface area (Å²) in [5.41, 5.74) is 8.00. The summed E-state index contributed by atoms with van der Waals surface area (Å²) in [6, 6.07) is -10.8. The zero-order valence-electron chi connectivity index (χ0n) is 87.1. The predicted octanol–water partition coefficient (Wildman–Crippen LogP) is 2.71. The quantitative estimate of drug-likeness (QED) is 0.0386. The minimum atomic E-state index is -1.41. The number of aromatic amines is 1. The number of nitrogens with two attached hydrogens (primary N) is 1. The second-order valence-electron chi connectivity index (χ2n) is 41.5. The van der Waals surface area contributed by atoms with Crippen LogP contribution in [-0.4, -0.2) is 254 Å². The Balaban J connectivity index is 1.43. The highest BCUT2D eigenvalue weighted by Gasteiger charge is 2.43. The van der Waals surface area contributed by atoms with Crippen LogP contribution in [0.1, 0.15) is 249 Å². The van der Waals surface area contributed by atoms with Crippen molar-refractivity contribution in [3.8, 4) is 5.75 Å². The fourth-order valence-corrected chi connectivity index (χ4v) is 16.0. The van der Waals surface area contributed by atoms with E-state index < -0.39 is 245 Å². The van der Waals surface area contributed by atoms with Crippen LogP contribution < -0.4 is 96.1 Å². The molecule has 141 heavy (non-hydrogen) atoms. The van der Waals surface area contributed by atoms with Gasteiger partial charge in [0, 0.05) is 36.5 Å². The molecular weight excluding hydrogens is 1820 g/mol. The lowest BCUT2D eigenvalue weighted by molar-refractivity contribution is -0.143. The summed E-state index contributed by atoms with van der Waals surface area (Å²) >= 11 is 0. The normalized spacial score (nSPS) is 16.6. The van der Waals surface area contributed by atoms with E-state index in [2.05, 4.69) is 95.4 Å². The number of carbonyl (C=O) groups excluding carboxylic acids is 18. The van der Waals surface area contributed by atoms with Crippen molar-refractivity contribution in [2.24, 2.45) is 64.9 Å². The summed E-state index contributed by atoms with van der Waals surface area (Å²) in [6.07, 6.45) is 2.88. The minimum absolute atomic E-state index is 0.0245. The number of carbonyl (C=O) groups is 19. The summed E-state index contributed by atoms with van der Waals surface area (Å²) in [5, 5.41) is 65.7. The zero-order valence-corrected chi connectivity index (χ0v) is 87.1. The first-order valence-corrected chi connectivity index (χ1v) is 49.5. The molecule has 41 heteroatoms. The summed E-state index contributed by atoms with van der Waals surface area (Å²) < 4.78 is 0. The van der Waals surface area contributed by atoms with Crippen molar-refractivity contribution in [3.63, 3.8) is 0 Å². The number of H-pyrrole nitrogens is 1. The second kappa shape index (κ2) is 57.5. The molecule has 41 nitrogen and oxygen atoms in total. The molecule has 3 aromatic rings. The van der Waals surface area contributed by atoms with Gasteiger partial charge in [-0.3, -0.25) is 86.3 Å². The summed E-state index contributed by atoms with van der Waals surface area (Å²) in [5.74, 6) is -17.7. The fourth-order valence-electron chi connectivity index (χ4n) is 16.0. The molecular formula is C100H162N20O21. The highest BCUT2D eigenvalue weighted by Crippen LogP contribution is 2.25. The molecule has 0 unspecified atom stereocenters. The van der Waals surface area contributed by atoms with Gasteiger partial charge in [-0.1, -0.05) is 169 Å². The van der Waals surface area contributed by atoms with Crippen molar-refractivity contribution in [2.75, 3.05) is 6.54 Å². The molecule has 0 spiro atoms. The first kappa shape index (κ1) is 121. The first-order valence-electron chi connectivity index (χ1n) is 49.5. The summed E-state index contributed by atoms with van der Waals surface area (Å²) in [4.78, 5) is 271. The largest absolute Gasteiger partial charge is 0.508 e. The number of nitrogens with one attached hydrogen (secondary N) is 18. The van der Waals surface area contributed by atoms with Crippen molar-refractivity contribution in [1.29, 1.82) is 0 Å². The van der Waals surface area contributed by atoms with Gasteiger partial charge in [0.15, 0.2) is 0 Å². The minimum Gasteiger partial charge on any atom is -0.508 e. The van der Waals surface area contributed by atoms with Gasteiger partial charge in [-0.2, -0.15) is 0 Å². The maximum atomic E-state index is 14.9. The van der Waals surface area contributed by atoms with Gasteiger partial charge < -0.3 is 116 Å². The van der Waals surface area contributed by atoms with E-state index in [1.54, 1.807) is 109 Å². The number of phenolic OH excluding ortho intramolecular Hbond substituents is 1. The number of aromatic nitrogens is 1. The van der Waals surface area contributed by atoms with Crippen LogP contribution in [0.3, 0.4) is 0 Å². The molecule has 1 aromatic heterocycles. The van der Waals surface area contributed by atoms with Crippen molar-refractivity contribution < 1.29 is 101 Å². The van der Waals surface area contributed by atoms with E-state index in [1.165, 1.54) is 70.7 Å². The van der Waals surface area contributed by atoms with E-state index in [0.29, 0.717) is 24.0 Å². The van der Waals surface area contributed by atoms with Crippen LogP contribution in [0.5, 0.6) is 5.75 Å². The molecule has 1 aliphatic rings. The lowest BCUT2D eigenvalue weighted by atomic mass is 9.98. The number of aromatic hydroxyl groups is 1. The number of nitrogens with zero attached hydrogens (tertiary/aromatic N) is 1. The molecule has 1 saturated heterocycles. The molecule has 0 saturated carbocycles. The number of phenols is 1. The highest BCUT2D eigenvalue weighted by atomic mass is 16.4. The van der Waals surface area contributed by atoms with Gasteiger partial charge in [0.2, 0.25) is 106 Å². The van der Waals surface area contributed by atoms with Crippen LogP contribution in [-0.2, 0) is 104 Å². The Labute approximate surface area is 829 Å². The van der Waals surface area contributed by atoms with Crippen LogP contribution in [0, 0.1) is 59.2 Å². The number of rotatable bonds is 57. The number of benzene rings is 2. The molecule has 19 atom stereocenters. The maximum absolute atomic E-state index is 14.9. The van der Waals surface area contributed by atoms with Gasteiger partial charge in [-0.25, -0.2) is 4.79 Å². The topological polar surface area (TPSA) is 614 Å². The Morgan fingerprint density at radius 2 is 0.617 bits per heavy atom. The number of para-hydroxylation sites is 1. The third-order valence-corrected chi connectivity index (χ3v) is 23.9. The lowest BCUT2D eigenvalue weighted by Gasteiger charge is -2.32. The van der Waals surface area contributed by atoms with Crippen molar-refractivity contribution in [2.45, 2.75) is 365 Å². The molecule has 2 heterocycles. The molecule has 0 bridgehead atoms. The third kappa shape index (κ3) is 40.3. The van der Waals surface area contributed by atoms with E-state index in [-0.39, 0.29) is 112 Å². The number of amides is 18. The molecule has 0 radical (unpaired) electrons. The summed E-state index contributed by atoms with van der Waals surface area (Å²) in [6.45, 7) is 43.8. The molecule has 1 fully saturated rings. The monoisotopic (exact) mass is 1980 g/mol. The summed E-state index contributed by atoms with van der Waals surface area (Å²) in [7, 11) is 0. The number of carboxylic acid groups (broad SMARTS) is 1. The molecule has 22 N–H and O–H groups in total. The average molecular weight is 1980 g/mol. The molecule has 2 aromatic carbocycles. The Bertz CT molecular complexity index is 4760. The average Bonchev–Trinajstić information content (AvgIpc) is 1.70. The number of carboxylic acids is 1. The van der Waals surface area contributed by atoms with Crippen LogP contribution in [0.2, 0.25) is 0 Å². The maximum Gasteiger partial charge on any atom is 0.326 e.